The number of aliphatic carboxylic acids is 1. The minimum atomic E-state index is -0.955. The maximum Gasteiger partial charge on any atom is 0.303 e. The molecule has 3 rings (SSSR count). The standard InChI is InChI=1S/C21H18F2N2O3/c1-12-10-13(21(24)28)2-7-18(12)25-15(5-9-20(26)27)4-8-19(25)16-6-3-14(22)11-17(16)23/h2-4,6-8,10-11H,5,9H2,1H3,(H2,24,28)(H,26,27). The van der Waals surface area contributed by atoms with Gasteiger partial charge in [-0.15, -0.1) is 0 Å². The molecule has 0 unspecified atom stereocenters. The van der Waals surface area contributed by atoms with Crippen LogP contribution in [0.2, 0.25) is 0 Å². The van der Waals surface area contributed by atoms with Crippen molar-refractivity contribution >= 4 is 11.9 Å². The minimum Gasteiger partial charge on any atom is -0.481 e. The third kappa shape index (κ3) is 3.78. The molecule has 3 aromatic rings. The molecule has 2 aromatic carbocycles. The highest BCUT2D eigenvalue weighted by Gasteiger charge is 2.18. The molecule has 0 aliphatic heterocycles. The van der Waals surface area contributed by atoms with E-state index in [1.54, 1.807) is 41.8 Å². The summed E-state index contributed by atoms with van der Waals surface area (Å²) in [5, 5.41) is 9.02. The number of halogens is 2. The summed E-state index contributed by atoms with van der Waals surface area (Å²) in [5.41, 5.74) is 8.28. The van der Waals surface area contributed by atoms with E-state index in [1.807, 2.05) is 0 Å². The van der Waals surface area contributed by atoms with Gasteiger partial charge in [-0.1, -0.05) is 0 Å². The molecule has 7 heteroatoms. The number of primary amides is 1. The summed E-state index contributed by atoms with van der Waals surface area (Å²) in [5.74, 6) is -2.94. The van der Waals surface area contributed by atoms with E-state index in [4.69, 9.17) is 10.8 Å². The van der Waals surface area contributed by atoms with Crippen molar-refractivity contribution in [2.75, 3.05) is 0 Å². The van der Waals surface area contributed by atoms with Crippen LogP contribution in [0.15, 0.2) is 48.5 Å². The van der Waals surface area contributed by atoms with E-state index in [9.17, 15) is 18.4 Å². The number of aromatic nitrogens is 1. The highest BCUT2D eigenvalue weighted by molar-refractivity contribution is 5.93. The molecule has 0 saturated carbocycles. The van der Waals surface area contributed by atoms with Crippen LogP contribution in [0.1, 0.15) is 28.0 Å². The lowest BCUT2D eigenvalue weighted by molar-refractivity contribution is -0.136. The molecule has 0 radical (unpaired) electrons. The van der Waals surface area contributed by atoms with Crippen LogP contribution in [0, 0.1) is 18.6 Å². The van der Waals surface area contributed by atoms with E-state index >= 15 is 0 Å². The van der Waals surface area contributed by atoms with Crippen molar-refractivity contribution in [1.82, 2.24) is 4.57 Å². The largest absolute Gasteiger partial charge is 0.481 e. The fraction of sp³-hybridized carbons (Fsp3) is 0.143. The van der Waals surface area contributed by atoms with Crippen LogP contribution in [0.4, 0.5) is 8.78 Å². The molecule has 5 nitrogen and oxygen atoms in total. The predicted octanol–water partition coefficient (Wildman–Crippen LogP) is 3.85. The van der Waals surface area contributed by atoms with Crippen LogP contribution in [0.25, 0.3) is 16.9 Å². The maximum atomic E-state index is 14.4. The van der Waals surface area contributed by atoms with Gasteiger partial charge in [0.15, 0.2) is 0 Å². The van der Waals surface area contributed by atoms with Crippen molar-refractivity contribution in [1.29, 1.82) is 0 Å². The van der Waals surface area contributed by atoms with E-state index in [0.717, 1.165) is 12.1 Å². The number of rotatable bonds is 6. The Morgan fingerprint density at radius 3 is 2.43 bits per heavy atom. The third-order valence-corrected chi connectivity index (χ3v) is 4.49. The number of nitrogens with zero attached hydrogens (tertiary/aromatic N) is 1. The molecular formula is C21H18F2N2O3. The number of hydrogen-bond acceptors (Lipinski definition) is 2. The van der Waals surface area contributed by atoms with Gasteiger partial charge in [0.2, 0.25) is 5.91 Å². The summed E-state index contributed by atoms with van der Waals surface area (Å²) in [6.45, 7) is 1.77. The highest BCUT2D eigenvalue weighted by Crippen LogP contribution is 2.31. The van der Waals surface area contributed by atoms with Gasteiger partial charge in [-0.3, -0.25) is 9.59 Å². The second-order valence-electron chi connectivity index (χ2n) is 6.43. The zero-order valence-corrected chi connectivity index (χ0v) is 15.1. The molecule has 0 spiro atoms. The van der Waals surface area contributed by atoms with Gasteiger partial charge in [0.05, 0.1) is 12.1 Å². The monoisotopic (exact) mass is 384 g/mol. The van der Waals surface area contributed by atoms with Gasteiger partial charge in [0, 0.05) is 28.6 Å². The van der Waals surface area contributed by atoms with Crippen molar-refractivity contribution < 1.29 is 23.5 Å². The Bertz CT molecular complexity index is 1070. The van der Waals surface area contributed by atoms with Crippen LogP contribution in [0.5, 0.6) is 0 Å². The lowest BCUT2D eigenvalue weighted by atomic mass is 10.1. The summed E-state index contributed by atoms with van der Waals surface area (Å²) in [7, 11) is 0. The summed E-state index contributed by atoms with van der Waals surface area (Å²) in [6.07, 6.45) is 0.114. The lowest BCUT2D eigenvalue weighted by Crippen LogP contribution is -2.12. The van der Waals surface area contributed by atoms with E-state index < -0.39 is 23.5 Å². The Morgan fingerprint density at radius 1 is 1.07 bits per heavy atom. The summed E-state index contributed by atoms with van der Waals surface area (Å²) in [6, 6.07) is 11.5. The highest BCUT2D eigenvalue weighted by atomic mass is 19.1. The number of hydrogen-bond donors (Lipinski definition) is 2. The van der Waals surface area contributed by atoms with Gasteiger partial charge < -0.3 is 15.4 Å². The molecule has 0 aliphatic rings. The number of aryl methyl sites for hydroxylation is 2. The maximum absolute atomic E-state index is 14.4. The van der Waals surface area contributed by atoms with Gasteiger partial charge in [-0.05, 0) is 61.4 Å². The fourth-order valence-corrected chi connectivity index (χ4v) is 3.16. The Morgan fingerprint density at radius 2 is 1.82 bits per heavy atom. The van der Waals surface area contributed by atoms with Crippen molar-refractivity contribution in [3.63, 3.8) is 0 Å². The van der Waals surface area contributed by atoms with E-state index in [2.05, 4.69) is 0 Å². The van der Waals surface area contributed by atoms with Gasteiger partial charge >= 0.3 is 5.97 Å². The van der Waals surface area contributed by atoms with Gasteiger partial charge in [0.1, 0.15) is 11.6 Å². The molecule has 1 heterocycles. The Labute approximate surface area is 160 Å². The first kappa shape index (κ1) is 19.3. The van der Waals surface area contributed by atoms with Crippen molar-refractivity contribution in [2.24, 2.45) is 5.73 Å². The molecule has 28 heavy (non-hydrogen) atoms. The number of carboxylic acid groups (broad SMARTS) is 1. The first-order chi connectivity index (χ1) is 13.3. The summed E-state index contributed by atoms with van der Waals surface area (Å²) >= 11 is 0. The number of amides is 1. The molecular weight excluding hydrogens is 366 g/mol. The normalized spacial score (nSPS) is 10.8. The van der Waals surface area contributed by atoms with Crippen LogP contribution in [0.3, 0.4) is 0 Å². The Hall–Kier alpha value is -3.48. The number of carbonyl (C=O) groups is 2. The lowest BCUT2D eigenvalue weighted by Gasteiger charge is -2.17. The number of benzene rings is 2. The van der Waals surface area contributed by atoms with E-state index in [1.165, 1.54) is 6.07 Å². The van der Waals surface area contributed by atoms with E-state index in [-0.39, 0.29) is 18.4 Å². The van der Waals surface area contributed by atoms with Gasteiger partial charge in [-0.25, -0.2) is 8.78 Å². The van der Waals surface area contributed by atoms with Crippen LogP contribution in [-0.2, 0) is 11.2 Å². The first-order valence-corrected chi connectivity index (χ1v) is 8.56. The average Bonchev–Trinajstić information content (AvgIpc) is 3.03. The topological polar surface area (TPSA) is 85.3 Å². The van der Waals surface area contributed by atoms with Crippen molar-refractivity contribution in [3.8, 4) is 16.9 Å². The Balaban J connectivity index is 2.20. The molecule has 1 aromatic heterocycles. The van der Waals surface area contributed by atoms with Gasteiger partial charge in [0.25, 0.3) is 0 Å². The second kappa shape index (κ2) is 7.64. The SMILES string of the molecule is Cc1cc(C(N)=O)ccc1-n1c(CCC(=O)O)ccc1-c1ccc(F)cc1F. The second-order valence-corrected chi connectivity index (χ2v) is 6.43. The molecule has 3 N–H and O–H groups in total. The van der Waals surface area contributed by atoms with Crippen molar-refractivity contribution in [2.45, 2.75) is 19.8 Å². The first-order valence-electron chi connectivity index (χ1n) is 8.56. The van der Waals surface area contributed by atoms with Crippen LogP contribution >= 0.6 is 0 Å². The van der Waals surface area contributed by atoms with Gasteiger partial charge in [-0.2, -0.15) is 0 Å². The predicted molar refractivity (Wildman–Crippen MR) is 100 cm³/mol. The number of carboxylic acids is 1. The summed E-state index contributed by atoms with van der Waals surface area (Å²) < 4.78 is 29.5. The van der Waals surface area contributed by atoms with E-state index in [0.29, 0.717) is 28.2 Å². The molecule has 0 atom stereocenters. The number of carbonyl (C=O) groups excluding carboxylic acids is 1. The zero-order chi connectivity index (χ0) is 20.4. The molecule has 1 amide bonds. The molecule has 144 valence electrons. The summed E-state index contributed by atoms with van der Waals surface area (Å²) in [4.78, 5) is 22.4. The quantitative estimate of drug-likeness (QED) is 0.677. The van der Waals surface area contributed by atoms with Crippen molar-refractivity contribution in [3.05, 3.63) is 77.0 Å². The number of nitrogens with two attached hydrogens (primary N) is 1. The smallest absolute Gasteiger partial charge is 0.303 e. The molecule has 0 fully saturated rings. The van der Waals surface area contributed by atoms with Crippen LogP contribution in [-0.4, -0.2) is 21.6 Å². The molecule has 0 bridgehead atoms. The van der Waals surface area contributed by atoms with Crippen LogP contribution < -0.4 is 5.73 Å². The molecule has 0 aliphatic carbocycles. The molecule has 0 saturated heterocycles. The zero-order valence-electron chi connectivity index (χ0n) is 15.1. The third-order valence-electron chi connectivity index (χ3n) is 4.49. The average molecular weight is 384 g/mol. The fourth-order valence-electron chi connectivity index (χ4n) is 3.16. The Kier molecular flexibility index (Phi) is 5.26. The minimum absolute atomic E-state index is 0.103.